The fourth-order valence-electron chi connectivity index (χ4n) is 6.05. The van der Waals surface area contributed by atoms with Crippen molar-refractivity contribution in [2.45, 2.75) is 85.5 Å². The molecule has 0 saturated carbocycles. The third-order valence-corrected chi connectivity index (χ3v) is 11.2. The molecule has 5 rings (SSSR count). The third kappa shape index (κ3) is 5.77. The molecule has 226 valence electrons. The number of hydrogen-bond acceptors (Lipinski definition) is 3. The Kier molecular flexibility index (Phi) is 7.27. The van der Waals surface area contributed by atoms with Crippen molar-refractivity contribution in [2.24, 2.45) is 0 Å². The molecule has 5 aromatic rings. The molecular weight excluding hydrogens is 547 g/mol. The zero-order valence-corrected chi connectivity index (χ0v) is 28.3. The van der Waals surface area contributed by atoms with Crippen LogP contribution in [0.2, 0.25) is 0 Å². The van der Waals surface area contributed by atoms with Crippen LogP contribution < -0.4 is 10.6 Å². The number of hydrogen-bond donors (Lipinski definition) is 3. The molecule has 0 amide bonds. The minimum atomic E-state index is -5.45. The van der Waals surface area contributed by atoms with E-state index in [9.17, 15) is 14.7 Å². The number of rotatable bonds is 3. The molecule has 0 aliphatic carbocycles. The summed E-state index contributed by atoms with van der Waals surface area (Å²) >= 11 is 0. The number of benzene rings is 5. The molecule has 0 unspecified atom stereocenters. The van der Waals surface area contributed by atoms with Crippen molar-refractivity contribution in [3.05, 3.63) is 107 Å². The van der Waals surface area contributed by atoms with Crippen LogP contribution >= 0.6 is 7.28 Å². The molecule has 0 bridgehead atoms. The van der Waals surface area contributed by atoms with Gasteiger partial charge in [0.25, 0.3) is 0 Å². The summed E-state index contributed by atoms with van der Waals surface area (Å²) < 4.78 is 0. The summed E-state index contributed by atoms with van der Waals surface area (Å²) in [7, 11) is -5.45. The second-order valence-corrected chi connectivity index (χ2v) is 18.4. The van der Waals surface area contributed by atoms with Gasteiger partial charge in [-0.2, -0.15) is 0 Å². The number of aryl methyl sites for hydroxylation is 1. The summed E-state index contributed by atoms with van der Waals surface area (Å²) in [6.45, 7) is 22.2. The maximum atomic E-state index is 11.7. The zero-order chi connectivity index (χ0) is 31.8. The van der Waals surface area contributed by atoms with Gasteiger partial charge in [0.2, 0.25) is 0 Å². The molecule has 0 atom stereocenters. The van der Waals surface area contributed by atoms with Gasteiger partial charge < -0.3 is 0 Å². The van der Waals surface area contributed by atoms with Crippen molar-refractivity contribution in [3.8, 4) is 11.1 Å². The first-order valence-corrected chi connectivity index (χ1v) is 17.3. The maximum absolute atomic E-state index is 11.7. The van der Waals surface area contributed by atoms with Gasteiger partial charge in [0.1, 0.15) is 0 Å². The van der Waals surface area contributed by atoms with E-state index in [0.717, 1.165) is 27.5 Å². The van der Waals surface area contributed by atoms with Gasteiger partial charge in [-0.05, 0) is 0 Å². The molecule has 0 aromatic heterocycles. The van der Waals surface area contributed by atoms with Gasteiger partial charge in [0.15, 0.2) is 0 Å². The SMILES string of the molecule is Cc1ccc(P(O)(O)(O)c2ccc3ccccc3c2)cc1-c1cc2c(C(C)(C)C)cc(C(C)(C)C)cc2cc1C(C)(C)C. The normalized spacial score (nSPS) is 14.2. The van der Waals surface area contributed by atoms with Gasteiger partial charge in [-0.3, -0.25) is 0 Å². The van der Waals surface area contributed by atoms with Gasteiger partial charge in [-0.25, -0.2) is 0 Å². The fraction of sp³-hybridized carbons (Fsp3) is 0.333. The Balaban J connectivity index is 1.80. The quantitative estimate of drug-likeness (QED) is 0.183. The van der Waals surface area contributed by atoms with Crippen LogP contribution in [0.4, 0.5) is 0 Å². The summed E-state index contributed by atoms with van der Waals surface area (Å²) in [6, 6.07) is 27.5. The minimum absolute atomic E-state index is 0.00776. The van der Waals surface area contributed by atoms with Crippen LogP contribution in [0.5, 0.6) is 0 Å². The standard InChI is InChI=1S/C39H47O3P/c1-25-15-17-31(43(40,41,42)30-18-16-26-13-11-12-14-27(26)20-30)23-32(25)34-24-33-28(21-35(34)38(5,6)7)19-29(37(2,3)4)22-36(33)39(8,9)10/h11-24,40-42H,1-10H3. The molecule has 0 saturated heterocycles. The van der Waals surface area contributed by atoms with E-state index in [-0.39, 0.29) is 26.9 Å². The van der Waals surface area contributed by atoms with E-state index < -0.39 is 7.28 Å². The van der Waals surface area contributed by atoms with Crippen LogP contribution in [0, 0.1) is 6.92 Å². The van der Waals surface area contributed by atoms with Crippen LogP contribution in [0.1, 0.15) is 84.6 Å². The first-order chi connectivity index (χ1) is 19.6. The summed E-state index contributed by atoms with van der Waals surface area (Å²) in [5.41, 5.74) is 6.43. The molecule has 3 N–H and O–H groups in total. The van der Waals surface area contributed by atoms with Gasteiger partial charge in [-0.15, -0.1) is 0 Å². The molecule has 4 heteroatoms. The Hall–Kier alpha value is -3.07. The predicted octanol–water partition coefficient (Wildman–Crippen LogP) is 9.09. The van der Waals surface area contributed by atoms with Crippen molar-refractivity contribution < 1.29 is 14.7 Å². The molecule has 0 aliphatic rings. The van der Waals surface area contributed by atoms with Crippen LogP contribution in [0.15, 0.2) is 84.9 Å². The van der Waals surface area contributed by atoms with E-state index >= 15 is 0 Å². The van der Waals surface area contributed by atoms with Crippen LogP contribution in [0.25, 0.3) is 32.7 Å². The molecule has 3 nitrogen and oxygen atoms in total. The predicted molar refractivity (Wildman–Crippen MR) is 187 cm³/mol. The molecule has 0 spiro atoms. The summed E-state index contributed by atoms with van der Waals surface area (Å²) in [4.78, 5) is 35.2. The Bertz CT molecular complexity index is 1870. The molecule has 0 aliphatic heterocycles. The van der Waals surface area contributed by atoms with E-state index in [0.29, 0.717) is 0 Å². The van der Waals surface area contributed by atoms with Gasteiger partial charge in [0, 0.05) is 0 Å². The van der Waals surface area contributed by atoms with Crippen LogP contribution in [-0.2, 0) is 16.2 Å². The van der Waals surface area contributed by atoms with E-state index in [1.54, 1.807) is 24.3 Å². The Labute approximate surface area is 257 Å². The monoisotopic (exact) mass is 594 g/mol. The number of fused-ring (bicyclic) bond motifs is 2. The molecular formula is C39H47O3P. The summed E-state index contributed by atoms with van der Waals surface area (Å²) in [6.07, 6.45) is 0. The van der Waals surface area contributed by atoms with E-state index in [2.05, 4.69) is 86.6 Å². The van der Waals surface area contributed by atoms with Crippen LogP contribution in [0.3, 0.4) is 0 Å². The third-order valence-electron chi connectivity index (χ3n) is 8.77. The Morgan fingerprint density at radius 3 is 1.67 bits per heavy atom. The summed E-state index contributed by atoms with van der Waals surface area (Å²) in [5, 5.41) is 4.46. The second-order valence-electron chi connectivity index (χ2n) is 15.4. The van der Waals surface area contributed by atoms with Crippen molar-refractivity contribution in [2.75, 3.05) is 0 Å². The molecule has 0 heterocycles. The van der Waals surface area contributed by atoms with E-state index in [1.807, 2.05) is 43.3 Å². The molecule has 0 fully saturated rings. The first kappa shape index (κ1) is 31.4. The van der Waals surface area contributed by atoms with Crippen molar-refractivity contribution in [1.29, 1.82) is 0 Å². The van der Waals surface area contributed by atoms with Gasteiger partial charge in [0.05, 0.1) is 0 Å². The van der Waals surface area contributed by atoms with Crippen LogP contribution in [-0.4, -0.2) is 14.7 Å². The first-order valence-electron chi connectivity index (χ1n) is 15.2. The second kappa shape index (κ2) is 9.98. The topological polar surface area (TPSA) is 60.7 Å². The molecule has 5 aromatic carbocycles. The summed E-state index contributed by atoms with van der Waals surface area (Å²) in [5.74, 6) is 0. The average molecular weight is 595 g/mol. The fourth-order valence-corrected chi connectivity index (χ4v) is 7.79. The van der Waals surface area contributed by atoms with Crippen molar-refractivity contribution >= 4 is 39.4 Å². The molecule has 43 heavy (non-hydrogen) atoms. The van der Waals surface area contributed by atoms with Crippen molar-refractivity contribution in [3.63, 3.8) is 0 Å². The Morgan fingerprint density at radius 2 is 1.07 bits per heavy atom. The average Bonchev–Trinajstić information content (AvgIpc) is 2.89. The van der Waals surface area contributed by atoms with Gasteiger partial charge >= 0.3 is 258 Å². The van der Waals surface area contributed by atoms with E-state index in [1.165, 1.54) is 27.5 Å². The van der Waals surface area contributed by atoms with Crippen molar-refractivity contribution in [1.82, 2.24) is 0 Å². The Morgan fingerprint density at radius 1 is 0.488 bits per heavy atom. The van der Waals surface area contributed by atoms with E-state index in [4.69, 9.17) is 0 Å². The zero-order valence-electron chi connectivity index (χ0n) is 27.4. The molecule has 0 radical (unpaired) electrons. The van der Waals surface area contributed by atoms with Gasteiger partial charge in [-0.1, -0.05) is 0 Å².